The Kier molecular flexibility index (Phi) is 5.02. The lowest BCUT2D eigenvalue weighted by atomic mass is 10.1. The van der Waals surface area contributed by atoms with Crippen LogP contribution in [0.3, 0.4) is 0 Å². The molecule has 0 aliphatic carbocycles. The Morgan fingerprint density at radius 3 is 2.62 bits per heavy atom. The van der Waals surface area contributed by atoms with Crippen LogP contribution in [0.2, 0.25) is 0 Å². The summed E-state index contributed by atoms with van der Waals surface area (Å²) in [6.07, 6.45) is 0.884. The molecule has 1 heterocycles. The van der Waals surface area contributed by atoms with E-state index in [1.807, 2.05) is 0 Å². The summed E-state index contributed by atoms with van der Waals surface area (Å²) in [4.78, 5) is 4.77. The van der Waals surface area contributed by atoms with Gasteiger partial charge in [-0.15, -0.1) is 0 Å². The van der Waals surface area contributed by atoms with E-state index in [1.54, 1.807) is 0 Å². The van der Waals surface area contributed by atoms with Crippen LogP contribution in [-0.2, 0) is 0 Å². The van der Waals surface area contributed by atoms with Crippen molar-refractivity contribution in [2.75, 3.05) is 26.2 Å². The van der Waals surface area contributed by atoms with Crippen LogP contribution in [0, 0.1) is 0 Å². The maximum atomic E-state index is 8.76. The second-order valence-electron chi connectivity index (χ2n) is 4.42. The van der Waals surface area contributed by atoms with Crippen LogP contribution in [-0.4, -0.2) is 59.1 Å². The molecule has 0 aromatic carbocycles. The molecule has 0 bridgehead atoms. The highest BCUT2D eigenvalue weighted by Gasteiger charge is 2.28. The second kappa shape index (κ2) is 6.06. The fourth-order valence-corrected chi connectivity index (χ4v) is 2.50. The third-order valence-corrected chi connectivity index (χ3v) is 3.49. The van der Waals surface area contributed by atoms with Gasteiger partial charge in [0.05, 0.1) is 6.04 Å². The molecule has 94 valence electrons. The number of hydrogen-bond donors (Lipinski definition) is 2. The number of likely N-dealkylation sites (N-methyl/N-ethyl adjacent to an activating group) is 1. The molecule has 1 fully saturated rings. The number of amidine groups is 1. The highest BCUT2D eigenvalue weighted by Crippen LogP contribution is 2.14. The smallest absolute Gasteiger partial charge is 0.156 e. The molecule has 0 saturated carbocycles. The molecule has 2 unspecified atom stereocenters. The maximum absolute atomic E-state index is 8.76. The summed E-state index contributed by atoms with van der Waals surface area (Å²) in [7, 11) is 0. The van der Waals surface area contributed by atoms with Crippen LogP contribution in [0.15, 0.2) is 5.16 Å². The van der Waals surface area contributed by atoms with Crippen LogP contribution in [0.1, 0.15) is 27.2 Å². The monoisotopic (exact) mass is 228 g/mol. The number of hydrogen-bond acceptors (Lipinski definition) is 4. The first-order chi connectivity index (χ1) is 7.63. The van der Waals surface area contributed by atoms with E-state index in [9.17, 15) is 0 Å². The van der Waals surface area contributed by atoms with E-state index in [1.165, 1.54) is 0 Å². The maximum Gasteiger partial charge on any atom is 0.156 e. The highest BCUT2D eigenvalue weighted by molar-refractivity contribution is 5.85. The molecule has 0 radical (unpaired) electrons. The van der Waals surface area contributed by atoms with Gasteiger partial charge in [0.25, 0.3) is 0 Å². The van der Waals surface area contributed by atoms with Crippen molar-refractivity contribution < 1.29 is 5.21 Å². The van der Waals surface area contributed by atoms with Crippen molar-refractivity contribution in [3.05, 3.63) is 0 Å². The molecule has 0 aromatic rings. The molecule has 1 aliphatic rings. The molecular weight excluding hydrogens is 204 g/mol. The van der Waals surface area contributed by atoms with Gasteiger partial charge in [0.1, 0.15) is 0 Å². The van der Waals surface area contributed by atoms with Crippen molar-refractivity contribution in [2.45, 2.75) is 39.3 Å². The molecule has 2 atom stereocenters. The minimum atomic E-state index is 0.0754. The predicted molar refractivity (Wildman–Crippen MR) is 65.8 cm³/mol. The standard InChI is InChI=1S/C11H24N4O/c1-4-10(11(12)13-16)15-7-6-14(5-2)9(3)8-15/h9-10,16H,4-8H2,1-3H3,(H2,12,13). The van der Waals surface area contributed by atoms with E-state index in [2.05, 4.69) is 35.7 Å². The van der Waals surface area contributed by atoms with Crippen LogP contribution >= 0.6 is 0 Å². The van der Waals surface area contributed by atoms with Gasteiger partial charge in [0.15, 0.2) is 5.84 Å². The summed E-state index contributed by atoms with van der Waals surface area (Å²) < 4.78 is 0. The Bertz CT molecular complexity index is 244. The summed E-state index contributed by atoms with van der Waals surface area (Å²) in [5.74, 6) is 0.333. The van der Waals surface area contributed by atoms with Crippen molar-refractivity contribution in [2.24, 2.45) is 10.9 Å². The molecule has 0 spiro atoms. The Hall–Kier alpha value is -0.810. The van der Waals surface area contributed by atoms with E-state index < -0.39 is 0 Å². The summed E-state index contributed by atoms with van der Waals surface area (Å²) in [5, 5.41) is 11.9. The number of rotatable bonds is 4. The molecule has 1 saturated heterocycles. The molecule has 0 amide bonds. The predicted octanol–water partition coefficient (Wildman–Crippen LogP) is 0.537. The van der Waals surface area contributed by atoms with Crippen molar-refractivity contribution in [3.8, 4) is 0 Å². The van der Waals surface area contributed by atoms with Gasteiger partial charge < -0.3 is 10.9 Å². The van der Waals surface area contributed by atoms with Crippen LogP contribution in [0.4, 0.5) is 0 Å². The molecule has 0 aromatic heterocycles. The fraction of sp³-hybridized carbons (Fsp3) is 0.909. The molecule has 1 rings (SSSR count). The Morgan fingerprint density at radius 1 is 1.50 bits per heavy atom. The molecule has 16 heavy (non-hydrogen) atoms. The quantitative estimate of drug-likeness (QED) is 0.319. The second-order valence-corrected chi connectivity index (χ2v) is 4.42. The van der Waals surface area contributed by atoms with Gasteiger partial charge in [-0.1, -0.05) is 19.0 Å². The molecule has 1 aliphatic heterocycles. The lowest BCUT2D eigenvalue weighted by molar-refractivity contribution is 0.0738. The van der Waals surface area contributed by atoms with Gasteiger partial charge in [-0.05, 0) is 19.9 Å². The molecule has 3 N–H and O–H groups in total. The Labute approximate surface area is 97.9 Å². The molecule has 5 nitrogen and oxygen atoms in total. The first-order valence-electron chi connectivity index (χ1n) is 6.09. The van der Waals surface area contributed by atoms with Crippen LogP contribution in [0.25, 0.3) is 0 Å². The SMILES string of the molecule is CCC(C(N)=NO)N1CCN(CC)C(C)C1. The third-order valence-electron chi connectivity index (χ3n) is 3.49. The van der Waals surface area contributed by atoms with Crippen LogP contribution < -0.4 is 5.73 Å². The average molecular weight is 228 g/mol. The number of nitrogens with two attached hydrogens (primary N) is 1. The summed E-state index contributed by atoms with van der Waals surface area (Å²) in [6, 6.07) is 0.616. The highest BCUT2D eigenvalue weighted by atomic mass is 16.4. The zero-order valence-electron chi connectivity index (χ0n) is 10.6. The van der Waals surface area contributed by atoms with Crippen molar-refractivity contribution in [3.63, 3.8) is 0 Å². The van der Waals surface area contributed by atoms with E-state index >= 15 is 0 Å². The topological polar surface area (TPSA) is 65.1 Å². The largest absolute Gasteiger partial charge is 0.409 e. The Morgan fingerprint density at radius 2 is 2.19 bits per heavy atom. The zero-order valence-corrected chi connectivity index (χ0v) is 10.6. The van der Waals surface area contributed by atoms with Crippen molar-refractivity contribution >= 4 is 5.84 Å². The molecule has 5 heteroatoms. The number of piperazine rings is 1. The van der Waals surface area contributed by atoms with Gasteiger partial charge in [0, 0.05) is 25.7 Å². The normalized spacial score (nSPS) is 26.9. The lowest BCUT2D eigenvalue weighted by Gasteiger charge is -2.42. The minimum Gasteiger partial charge on any atom is -0.409 e. The molecular formula is C11H24N4O. The number of oxime groups is 1. The van der Waals surface area contributed by atoms with Crippen molar-refractivity contribution in [1.82, 2.24) is 9.80 Å². The van der Waals surface area contributed by atoms with E-state index in [0.717, 1.165) is 32.6 Å². The fourth-order valence-electron chi connectivity index (χ4n) is 2.50. The van der Waals surface area contributed by atoms with Gasteiger partial charge >= 0.3 is 0 Å². The van der Waals surface area contributed by atoms with E-state index in [0.29, 0.717) is 11.9 Å². The third kappa shape index (κ3) is 2.86. The first kappa shape index (κ1) is 13.3. The van der Waals surface area contributed by atoms with Gasteiger partial charge in [-0.3, -0.25) is 9.80 Å². The van der Waals surface area contributed by atoms with Crippen molar-refractivity contribution in [1.29, 1.82) is 0 Å². The van der Waals surface area contributed by atoms with Gasteiger partial charge in [-0.2, -0.15) is 0 Å². The zero-order chi connectivity index (χ0) is 12.1. The van der Waals surface area contributed by atoms with Crippen LogP contribution in [0.5, 0.6) is 0 Å². The van der Waals surface area contributed by atoms with Gasteiger partial charge in [-0.25, -0.2) is 0 Å². The number of nitrogens with zero attached hydrogens (tertiary/aromatic N) is 3. The summed E-state index contributed by atoms with van der Waals surface area (Å²) >= 11 is 0. The minimum absolute atomic E-state index is 0.0754. The van der Waals surface area contributed by atoms with E-state index in [-0.39, 0.29) is 6.04 Å². The Balaban J connectivity index is 2.62. The summed E-state index contributed by atoms with van der Waals surface area (Å²) in [6.45, 7) is 10.6. The van der Waals surface area contributed by atoms with Gasteiger partial charge in [0.2, 0.25) is 0 Å². The summed E-state index contributed by atoms with van der Waals surface area (Å²) in [5.41, 5.74) is 5.72. The van der Waals surface area contributed by atoms with E-state index in [4.69, 9.17) is 10.9 Å². The lowest BCUT2D eigenvalue weighted by Crippen LogP contribution is -2.57. The first-order valence-corrected chi connectivity index (χ1v) is 6.09. The average Bonchev–Trinajstić information content (AvgIpc) is 2.30.